The lowest BCUT2D eigenvalue weighted by Crippen LogP contribution is -2.50. The molecule has 4 aromatic carbocycles. The number of allylic oxidation sites excluding steroid dienone is 1. The van der Waals surface area contributed by atoms with Crippen LogP contribution >= 0.6 is 0 Å². The van der Waals surface area contributed by atoms with Gasteiger partial charge in [0.15, 0.2) is 19.7 Å². The van der Waals surface area contributed by atoms with Gasteiger partial charge in [0.05, 0.1) is 20.1 Å². The minimum atomic E-state index is -4.69. The van der Waals surface area contributed by atoms with E-state index in [-0.39, 0.29) is 28.0 Å². The van der Waals surface area contributed by atoms with Crippen LogP contribution in [0.4, 0.5) is 13.2 Å². The minimum Gasteiger partial charge on any atom is -0.224 e. The van der Waals surface area contributed by atoms with Gasteiger partial charge in [0, 0.05) is 12.2 Å². The fourth-order valence-corrected chi connectivity index (χ4v) is 10.2. The third kappa shape index (κ3) is 4.90. The van der Waals surface area contributed by atoms with Crippen molar-refractivity contribution in [2.75, 3.05) is 6.26 Å². The van der Waals surface area contributed by atoms with Crippen molar-refractivity contribution in [3.8, 4) is 0 Å². The Hall–Kier alpha value is -3.43. The molecule has 1 fully saturated rings. The Balaban J connectivity index is 1.55. The largest absolute Gasteiger partial charge is 0.416 e. The fourth-order valence-electron chi connectivity index (χ4n) is 7.32. The minimum absolute atomic E-state index is 0.159. The van der Waals surface area contributed by atoms with Gasteiger partial charge in [0.25, 0.3) is 0 Å². The molecule has 43 heavy (non-hydrogen) atoms. The number of alkyl halides is 3. The molecule has 0 saturated heterocycles. The smallest absolute Gasteiger partial charge is 0.224 e. The van der Waals surface area contributed by atoms with E-state index in [1.165, 1.54) is 6.07 Å². The number of benzene rings is 4. The molecule has 4 atom stereocenters. The topological polar surface area (TPSA) is 68.3 Å². The van der Waals surface area contributed by atoms with E-state index in [4.69, 9.17) is 0 Å². The molecule has 0 amide bonds. The van der Waals surface area contributed by atoms with Crippen LogP contribution < -0.4 is 0 Å². The van der Waals surface area contributed by atoms with Crippen molar-refractivity contribution in [1.29, 1.82) is 0 Å². The van der Waals surface area contributed by atoms with Crippen LogP contribution in [0.25, 0.3) is 16.8 Å². The Morgan fingerprint density at radius 1 is 0.837 bits per heavy atom. The van der Waals surface area contributed by atoms with Crippen molar-refractivity contribution in [3.63, 3.8) is 0 Å². The monoisotopic (exact) mass is 624 g/mol. The molecule has 0 N–H and O–H groups in total. The molecule has 224 valence electrons. The number of hydrogen-bond acceptors (Lipinski definition) is 4. The lowest BCUT2D eigenvalue weighted by molar-refractivity contribution is -0.137. The van der Waals surface area contributed by atoms with E-state index in [1.54, 1.807) is 25.1 Å². The molecule has 4 nitrogen and oxygen atoms in total. The first-order chi connectivity index (χ1) is 20.1. The second-order valence-electron chi connectivity index (χ2n) is 12.1. The molecular formula is C34H31F3O4S2. The van der Waals surface area contributed by atoms with E-state index in [2.05, 4.69) is 0 Å². The summed E-state index contributed by atoms with van der Waals surface area (Å²) in [5.74, 6) is -0.998. The zero-order valence-corrected chi connectivity index (χ0v) is 25.5. The number of rotatable bonds is 4. The second-order valence-corrected chi connectivity index (χ2v) is 16.5. The van der Waals surface area contributed by atoms with Gasteiger partial charge >= 0.3 is 6.18 Å². The summed E-state index contributed by atoms with van der Waals surface area (Å²) in [4.78, 5) is -0.176. The molecule has 0 bridgehead atoms. The highest BCUT2D eigenvalue weighted by Gasteiger charge is 2.55. The number of aryl methyl sites for hydroxylation is 1. The summed E-state index contributed by atoms with van der Waals surface area (Å²) in [7, 11) is -7.77. The van der Waals surface area contributed by atoms with Gasteiger partial charge in [-0.25, -0.2) is 16.8 Å². The van der Waals surface area contributed by atoms with Gasteiger partial charge in [-0.2, -0.15) is 13.2 Å². The van der Waals surface area contributed by atoms with E-state index < -0.39 is 42.1 Å². The highest BCUT2D eigenvalue weighted by Crippen LogP contribution is 2.58. The average Bonchev–Trinajstić information content (AvgIpc) is 2.95. The first-order valence-electron chi connectivity index (χ1n) is 14.0. The van der Waals surface area contributed by atoms with E-state index in [1.807, 2.05) is 55.5 Å². The maximum atomic E-state index is 14.7. The predicted molar refractivity (Wildman–Crippen MR) is 163 cm³/mol. The average molecular weight is 625 g/mol. The molecule has 0 spiro atoms. The summed E-state index contributed by atoms with van der Waals surface area (Å²) in [5, 5.41) is 2.00. The van der Waals surface area contributed by atoms with E-state index in [9.17, 15) is 30.0 Å². The van der Waals surface area contributed by atoms with Gasteiger partial charge in [-0.05, 0) is 102 Å². The molecule has 0 radical (unpaired) electrons. The third-order valence-electron chi connectivity index (χ3n) is 9.34. The van der Waals surface area contributed by atoms with Crippen LogP contribution in [-0.2, 0) is 25.9 Å². The van der Waals surface area contributed by atoms with Gasteiger partial charge in [-0.15, -0.1) is 0 Å². The Bertz CT molecular complexity index is 2010. The highest BCUT2D eigenvalue weighted by atomic mass is 32.2. The van der Waals surface area contributed by atoms with Crippen molar-refractivity contribution in [2.45, 2.75) is 59.2 Å². The van der Waals surface area contributed by atoms with Crippen molar-refractivity contribution in [3.05, 3.63) is 113 Å². The lowest BCUT2D eigenvalue weighted by atomic mass is 9.61. The quantitative estimate of drug-likeness (QED) is 0.230. The number of hydrogen-bond donors (Lipinski definition) is 0. The molecule has 0 heterocycles. The molecule has 0 aromatic heterocycles. The Morgan fingerprint density at radius 2 is 1.56 bits per heavy atom. The first kappa shape index (κ1) is 29.6. The molecule has 4 aromatic rings. The summed E-state index contributed by atoms with van der Waals surface area (Å²) in [6, 6.07) is 20.7. The SMILES string of the molecule is Cc1cc(S(C)(=O)=O)ccc1C1CC2C=Cc3c(ccc4ccccc34)C2C(C)(S(=O)(=O)c2cccc(C(F)(F)F)c2)C1. The standard InChI is InChI=1S/C34H31F3O4S2/c1-21-17-26(42(3,38)39)13-16-28(21)24-18-23-12-14-30-29-10-5-4-7-22(29)11-15-31(30)32(23)33(2,20-24)43(40,41)27-9-6-8-25(19-27)34(35,36)37/h4-17,19,23-24,32H,18,20H2,1-3H3. The number of sulfone groups is 2. The normalized spacial score (nSPS) is 24.0. The van der Waals surface area contributed by atoms with Crippen molar-refractivity contribution in [1.82, 2.24) is 0 Å². The summed E-state index contributed by atoms with van der Waals surface area (Å²) < 4.78 is 93.4. The van der Waals surface area contributed by atoms with Crippen LogP contribution in [0.3, 0.4) is 0 Å². The van der Waals surface area contributed by atoms with Gasteiger partial charge in [-0.1, -0.05) is 60.7 Å². The molecular weight excluding hydrogens is 593 g/mol. The zero-order valence-electron chi connectivity index (χ0n) is 23.9. The van der Waals surface area contributed by atoms with E-state index >= 15 is 0 Å². The van der Waals surface area contributed by atoms with Crippen LogP contribution in [0.5, 0.6) is 0 Å². The van der Waals surface area contributed by atoms with Gasteiger partial charge in [0.1, 0.15) is 0 Å². The van der Waals surface area contributed by atoms with Crippen LogP contribution in [0.15, 0.2) is 94.7 Å². The summed E-state index contributed by atoms with van der Waals surface area (Å²) in [6.07, 6.45) is 1.30. The van der Waals surface area contributed by atoms with Crippen LogP contribution in [0.2, 0.25) is 0 Å². The van der Waals surface area contributed by atoms with Crippen molar-refractivity contribution < 1.29 is 30.0 Å². The molecule has 4 unspecified atom stereocenters. The van der Waals surface area contributed by atoms with Crippen LogP contribution in [0, 0.1) is 12.8 Å². The Morgan fingerprint density at radius 3 is 2.26 bits per heavy atom. The number of halogens is 3. The molecule has 9 heteroatoms. The third-order valence-corrected chi connectivity index (χ3v) is 13.0. The second kappa shape index (κ2) is 10.1. The lowest BCUT2D eigenvalue weighted by Gasteiger charge is -2.50. The predicted octanol–water partition coefficient (Wildman–Crippen LogP) is 8.11. The molecule has 2 aliphatic carbocycles. The van der Waals surface area contributed by atoms with E-state index in [0.717, 1.165) is 57.5 Å². The maximum absolute atomic E-state index is 14.7. The van der Waals surface area contributed by atoms with E-state index in [0.29, 0.717) is 6.42 Å². The van der Waals surface area contributed by atoms with Gasteiger partial charge in [0.2, 0.25) is 0 Å². The van der Waals surface area contributed by atoms with Gasteiger partial charge < -0.3 is 0 Å². The Labute approximate surface area is 250 Å². The van der Waals surface area contributed by atoms with Crippen molar-refractivity contribution in [2.24, 2.45) is 5.92 Å². The van der Waals surface area contributed by atoms with Crippen LogP contribution in [-0.4, -0.2) is 27.8 Å². The zero-order chi connectivity index (χ0) is 30.9. The highest BCUT2D eigenvalue weighted by molar-refractivity contribution is 7.93. The molecule has 0 aliphatic heterocycles. The van der Waals surface area contributed by atoms with Crippen molar-refractivity contribution >= 4 is 36.5 Å². The fraction of sp³-hybridized carbons (Fsp3) is 0.294. The van der Waals surface area contributed by atoms with Gasteiger partial charge in [-0.3, -0.25) is 0 Å². The summed E-state index contributed by atoms with van der Waals surface area (Å²) in [5.41, 5.74) is 2.36. The maximum Gasteiger partial charge on any atom is 0.416 e. The summed E-state index contributed by atoms with van der Waals surface area (Å²) in [6.45, 7) is 3.48. The molecule has 6 rings (SSSR count). The molecule has 1 saturated carbocycles. The Kier molecular flexibility index (Phi) is 6.93. The molecule has 2 aliphatic rings. The number of fused-ring (bicyclic) bond motifs is 5. The van der Waals surface area contributed by atoms with Crippen LogP contribution in [0.1, 0.15) is 59.4 Å². The summed E-state index contributed by atoms with van der Waals surface area (Å²) >= 11 is 0. The first-order valence-corrected chi connectivity index (χ1v) is 17.4.